The molecule has 0 bridgehead atoms. The smallest absolute Gasteiger partial charge is 0.341 e. The maximum absolute atomic E-state index is 13.0. The summed E-state index contributed by atoms with van der Waals surface area (Å²) in [6.07, 6.45) is 2.61. The summed E-state index contributed by atoms with van der Waals surface area (Å²) in [6.45, 7) is 0. The molecule has 1 heterocycles. The molecule has 0 saturated carbocycles. The Balaban J connectivity index is 2.34. The number of rotatable bonds is 3. The van der Waals surface area contributed by atoms with Gasteiger partial charge in [0.1, 0.15) is 22.9 Å². The lowest BCUT2D eigenvalue weighted by atomic mass is 10.2. The third-order valence-electron chi connectivity index (χ3n) is 2.13. The number of ether oxygens (including phenoxy) is 1. The molecule has 4 nitrogen and oxygen atoms in total. The van der Waals surface area contributed by atoms with Crippen molar-refractivity contribution in [1.82, 2.24) is 4.98 Å². The normalized spacial score (nSPS) is 10.1. The quantitative estimate of drug-likeness (QED) is 0.943. The first kappa shape index (κ1) is 12.5. The van der Waals surface area contributed by atoms with E-state index in [1.807, 2.05) is 0 Å². The van der Waals surface area contributed by atoms with Gasteiger partial charge in [0, 0.05) is 18.5 Å². The predicted molar refractivity (Wildman–Crippen MR) is 65.4 cm³/mol. The van der Waals surface area contributed by atoms with E-state index < -0.39 is 11.8 Å². The Bertz CT molecular complexity index is 604. The molecule has 0 aliphatic carbocycles. The first-order valence-corrected chi connectivity index (χ1v) is 5.67. The van der Waals surface area contributed by atoms with Gasteiger partial charge in [0.15, 0.2) is 0 Å². The van der Waals surface area contributed by atoms with Crippen LogP contribution < -0.4 is 4.74 Å². The molecule has 0 atom stereocenters. The van der Waals surface area contributed by atoms with Crippen molar-refractivity contribution < 1.29 is 19.0 Å². The number of nitrogens with zero attached hydrogens (tertiary/aromatic N) is 1. The van der Waals surface area contributed by atoms with Gasteiger partial charge >= 0.3 is 5.97 Å². The number of benzene rings is 1. The molecular weight excluding hydrogens is 305 g/mol. The van der Waals surface area contributed by atoms with Crippen molar-refractivity contribution >= 4 is 21.9 Å². The Morgan fingerprint density at radius 3 is 2.83 bits per heavy atom. The second-order valence-electron chi connectivity index (χ2n) is 3.35. The number of halogens is 2. The van der Waals surface area contributed by atoms with E-state index in [-0.39, 0.29) is 15.8 Å². The van der Waals surface area contributed by atoms with Crippen molar-refractivity contribution in [3.63, 3.8) is 0 Å². The summed E-state index contributed by atoms with van der Waals surface area (Å²) in [7, 11) is 0. The van der Waals surface area contributed by atoms with E-state index in [9.17, 15) is 9.18 Å². The fourth-order valence-electron chi connectivity index (χ4n) is 1.30. The van der Waals surface area contributed by atoms with E-state index in [4.69, 9.17) is 9.84 Å². The van der Waals surface area contributed by atoms with Gasteiger partial charge in [-0.1, -0.05) is 0 Å². The molecule has 1 N–H and O–H groups in total. The van der Waals surface area contributed by atoms with Crippen molar-refractivity contribution in [2.45, 2.75) is 0 Å². The van der Waals surface area contributed by atoms with Crippen LogP contribution in [0.3, 0.4) is 0 Å². The van der Waals surface area contributed by atoms with E-state index in [1.165, 1.54) is 36.7 Å². The zero-order valence-electron chi connectivity index (χ0n) is 8.93. The molecule has 1 aromatic carbocycles. The lowest BCUT2D eigenvalue weighted by Gasteiger charge is -2.08. The number of hydrogen-bond donors (Lipinski definition) is 1. The van der Waals surface area contributed by atoms with E-state index in [1.54, 1.807) is 0 Å². The zero-order valence-corrected chi connectivity index (χ0v) is 10.5. The predicted octanol–water partition coefficient (Wildman–Crippen LogP) is 3.47. The first-order chi connectivity index (χ1) is 8.58. The van der Waals surface area contributed by atoms with Crippen LogP contribution in [0.2, 0.25) is 0 Å². The van der Waals surface area contributed by atoms with Gasteiger partial charge in [-0.15, -0.1) is 0 Å². The van der Waals surface area contributed by atoms with E-state index in [0.29, 0.717) is 5.75 Å². The summed E-state index contributed by atoms with van der Waals surface area (Å²) in [5.41, 5.74) is -0.0575. The molecule has 0 aliphatic heterocycles. The number of aromatic carboxylic acids is 1. The van der Waals surface area contributed by atoms with Crippen molar-refractivity contribution in [1.29, 1.82) is 0 Å². The number of carboxylic acids is 1. The van der Waals surface area contributed by atoms with Crippen LogP contribution in [-0.2, 0) is 0 Å². The van der Waals surface area contributed by atoms with Crippen LogP contribution in [0.25, 0.3) is 0 Å². The van der Waals surface area contributed by atoms with Crippen LogP contribution in [0.15, 0.2) is 41.1 Å². The molecule has 0 unspecified atom stereocenters. The zero-order chi connectivity index (χ0) is 13.1. The van der Waals surface area contributed by atoms with Gasteiger partial charge in [0.25, 0.3) is 0 Å². The van der Waals surface area contributed by atoms with Crippen LogP contribution >= 0.6 is 15.9 Å². The molecule has 0 radical (unpaired) electrons. The van der Waals surface area contributed by atoms with Crippen LogP contribution in [0.4, 0.5) is 4.39 Å². The molecule has 92 valence electrons. The Morgan fingerprint density at radius 2 is 2.17 bits per heavy atom. The topological polar surface area (TPSA) is 59.4 Å². The van der Waals surface area contributed by atoms with Crippen molar-refractivity contribution in [3.05, 3.63) is 52.5 Å². The Morgan fingerprint density at radius 1 is 1.39 bits per heavy atom. The second-order valence-corrected chi connectivity index (χ2v) is 4.21. The minimum Gasteiger partial charge on any atom is -0.477 e. The van der Waals surface area contributed by atoms with Crippen LogP contribution in [0, 0.1) is 5.82 Å². The SMILES string of the molecule is O=C(O)c1cnccc1Oc1ccc(F)c(Br)c1. The Labute approximate surface area is 110 Å². The molecule has 0 saturated heterocycles. The summed E-state index contributed by atoms with van der Waals surface area (Å²) in [4.78, 5) is 14.7. The Kier molecular flexibility index (Phi) is 3.57. The molecular formula is C12H7BrFNO3. The van der Waals surface area contributed by atoms with E-state index in [0.717, 1.165) is 0 Å². The number of carbonyl (C=O) groups is 1. The third-order valence-corrected chi connectivity index (χ3v) is 2.74. The van der Waals surface area contributed by atoms with Crippen LogP contribution in [0.5, 0.6) is 11.5 Å². The maximum atomic E-state index is 13.0. The molecule has 0 fully saturated rings. The molecule has 2 rings (SSSR count). The molecule has 6 heteroatoms. The summed E-state index contributed by atoms with van der Waals surface area (Å²) >= 11 is 3.02. The summed E-state index contributed by atoms with van der Waals surface area (Å²) < 4.78 is 18.7. The van der Waals surface area contributed by atoms with Crippen LogP contribution in [-0.4, -0.2) is 16.1 Å². The number of pyridine rings is 1. The Hall–Kier alpha value is -1.95. The fourth-order valence-corrected chi connectivity index (χ4v) is 1.66. The highest BCUT2D eigenvalue weighted by atomic mass is 79.9. The molecule has 0 aliphatic rings. The average Bonchev–Trinajstić information content (AvgIpc) is 2.34. The summed E-state index contributed by atoms with van der Waals surface area (Å²) in [5, 5.41) is 8.95. The molecule has 2 aromatic rings. The lowest BCUT2D eigenvalue weighted by Crippen LogP contribution is -2.00. The van der Waals surface area contributed by atoms with Gasteiger partial charge in [-0.05, 0) is 34.1 Å². The third kappa shape index (κ3) is 2.65. The number of carboxylic acid groups (broad SMARTS) is 1. The first-order valence-electron chi connectivity index (χ1n) is 4.88. The monoisotopic (exact) mass is 311 g/mol. The standard InChI is InChI=1S/C12H7BrFNO3/c13-9-5-7(1-2-10(9)14)18-11-3-4-15-6-8(11)12(16)17/h1-6H,(H,16,17). The van der Waals surface area contributed by atoms with Gasteiger partial charge in [-0.25, -0.2) is 9.18 Å². The minimum absolute atomic E-state index is 0.0575. The van der Waals surface area contributed by atoms with Gasteiger partial charge in [0.05, 0.1) is 4.47 Å². The largest absolute Gasteiger partial charge is 0.477 e. The highest BCUT2D eigenvalue weighted by Gasteiger charge is 2.12. The highest BCUT2D eigenvalue weighted by Crippen LogP contribution is 2.28. The van der Waals surface area contributed by atoms with Crippen molar-refractivity contribution in [2.75, 3.05) is 0 Å². The van der Waals surface area contributed by atoms with Crippen molar-refractivity contribution in [2.24, 2.45) is 0 Å². The minimum atomic E-state index is -1.14. The molecule has 0 spiro atoms. The summed E-state index contributed by atoms with van der Waals surface area (Å²) in [5.74, 6) is -1.08. The summed E-state index contributed by atoms with van der Waals surface area (Å²) in [6, 6.07) is 5.48. The molecule has 0 amide bonds. The van der Waals surface area contributed by atoms with Gasteiger partial charge in [0.2, 0.25) is 0 Å². The van der Waals surface area contributed by atoms with Gasteiger partial charge in [-0.2, -0.15) is 0 Å². The molecule has 1 aromatic heterocycles. The second kappa shape index (κ2) is 5.14. The maximum Gasteiger partial charge on any atom is 0.341 e. The van der Waals surface area contributed by atoms with Crippen molar-refractivity contribution in [3.8, 4) is 11.5 Å². The van der Waals surface area contributed by atoms with E-state index in [2.05, 4.69) is 20.9 Å². The van der Waals surface area contributed by atoms with Gasteiger partial charge < -0.3 is 9.84 Å². The van der Waals surface area contributed by atoms with Crippen LogP contribution in [0.1, 0.15) is 10.4 Å². The number of aromatic nitrogens is 1. The lowest BCUT2D eigenvalue weighted by molar-refractivity contribution is 0.0693. The number of hydrogen-bond acceptors (Lipinski definition) is 3. The average molecular weight is 312 g/mol. The fraction of sp³-hybridized carbons (Fsp3) is 0. The van der Waals surface area contributed by atoms with Gasteiger partial charge in [-0.3, -0.25) is 4.98 Å². The highest BCUT2D eigenvalue weighted by molar-refractivity contribution is 9.10. The molecule has 18 heavy (non-hydrogen) atoms. The van der Waals surface area contributed by atoms with E-state index >= 15 is 0 Å².